The predicted octanol–water partition coefficient (Wildman–Crippen LogP) is 7.81. The number of benzene rings is 1. The molecule has 0 saturated heterocycles. The smallest absolute Gasteiger partial charge is 0.119 e. The first-order valence-corrected chi connectivity index (χ1v) is 13.3. The van der Waals surface area contributed by atoms with Crippen molar-refractivity contribution in [3.63, 3.8) is 0 Å². The summed E-state index contributed by atoms with van der Waals surface area (Å²) in [6, 6.07) is 10.0. The zero-order valence-corrected chi connectivity index (χ0v) is 23.9. The number of hydrogen-bond acceptors (Lipinski definition) is 6. The van der Waals surface area contributed by atoms with Crippen LogP contribution >= 0.6 is 0 Å². The average molecular weight is 533 g/mol. The van der Waals surface area contributed by atoms with Crippen LogP contribution in [0.3, 0.4) is 0 Å². The maximum Gasteiger partial charge on any atom is 0.119 e. The first kappa shape index (κ1) is 35.0. The fourth-order valence-electron chi connectivity index (χ4n) is 3.59. The van der Waals surface area contributed by atoms with E-state index in [-0.39, 0.29) is 0 Å². The lowest BCUT2D eigenvalue weighted by molar-refractivity contribution is 0.169. The van der Waals surface area contributed by atoms with Crippen LogP contribution in [0.1, 0.15) is 76.6 Å². The minimum Gasteiger partial charge on any atom is -0.497 e. The molecule has 0 amide bonds. The van der Waals surface area contributed by atoms with E-state index in [4.69, 9.17) is 10.00 Å². The minimum atomic E-state index is -1.07. The third-order valence-corrected chi connectivity index (χ3v) is 5.98. The Balaban J connectivity index is 0.000000564. The molecule has 1 aliphatic carbocycles. The van der Waals surface area contributed by atoms with Crippen LogP contribution in [0.5, 0.6) is 5.75 Å². The molecule has 0 unspecified atom stereocenters. The molecule has 3 rings (SSSR count). The van der Waals surface area contributed by atoms with E-state index in [0.29, 0.717) is 23.0 Å². The van der Waals surface area contributed by atoms with E-state index in [1.165, 1.54) is 38.3 Å². The molecule has 6 nitrogen and oxygen atoms in total. The molecule has 2 aromatic rings. The van der Waals surface area contributed by atoms with E-state index in [2.05, 4.69) is 30.0 Å². The van der Waals surface area contributed by atoms with Crippen LogP contribution < -0.4 is 15.3 Å². The molecule has 1 aliphatic rings. The number of hydrazine groups is 1. The Morgan fingerprint density at radius 2 is 1.87 bits per heavy atom. The fourth-order valence-corrected chi connectivity index (χ4v) is 3.59. The van der Waals surface area contributed by atoms with Crippen molar-refractivity contribution in [2.24, 2.45) is 5.92 Å². The van der Waals surface area contributed by atoms with Crippen molar-refractivity contribution in [2.75, 3.05) is 25.6 Å². The van der Waals surface area contributed by atoms with E-state index < -0.39 is 19.4 Å². The van der Waals surface area contributed by atoms with E-state index >= 15 is 0 Å². The molecule has 1 aromatic carbocycles. The molecule has 0 atom stereocenters. The number of nitrogens with one attached hydrogen (secondary N) is 1. The normalized spacial score (nSPS) is 12.1. The Morgan fingerprint density at radius 3 is 2.29 bits per heavy atom. The lowest BCUT2D eigenvalue weighted by Gasteiger charge is -2.21. The third-order valence-electron chi connectivity index (χ3n) is 5.98. The number of hydrogen-bond donors (Lipinski definition) is 2. The average Bonchev–Trinajstić information content (AvgIpc) is 3.49. The van der Waals surface area contributed by atoms with E-state index in [1.807, 2.05) is 39.0 Å². The van der Waals surface area contributed by atoms with Gasteiger partial charge in [-0.05, 0) is 60.7 Å². The number of rotatable bonds is 9. The number of halogens is 2. The van der Waals surface area contributed by atoms with Gasteiger partial charge in [0.25, 0.3) is 0 Å². The number of methoxy groups -OCH3 is 1. The van der Waals surface area contributed by atoms with Crippen molar-refractivity contribution in [3.8, 4) is 11.8 Å². The summed E-state index contributed by atoms with van der Waals surface area (Å²) in [5, 5.41) is 18.6. The molecular formula is C30H46F2N4O2. The van der Waals surface area contributed by atoms with Gasteiger partial charge in [0.2, 0.25) is 0 Å². The number of allylic oxidation sites excluding steroid dienone is 1. The second kappa shape index (κ2) is 21.0. The number of anilines is 1. The second-order valence-electron chi connectivity index (χ2n) is 8.81. The lowest BCUT2D eigenvalue weighted by Crippen LogP contribution is -2.45. The Hall–Kier alpha value is -3.02. The highest BCUT2D eigenvalue weighted by Gasteiger charge is 2.12. The standard InChI is InChI=1S/C11H15F2N3O.C10H11NO.C7H14.C2H6/c1-8(2)11-4-3-10(7-14-11)16(17)15-9(5-12)6-13;1-8-3-4-10(12-2)7-9(8)5-6-11;1-2-7-5-3-4-6-7;1-2/h3-4,7,9,15,17H,1,5-6H2,2H3;3-4,7H,5H2,1-2H3;7H,2-6H2,1H3;1-2H3. The Labute approximate surface area is 228 Å². The molecule has 1 fully saturated rings. The molecule has 212 valence electrons. The first-order chi connectivity index (χ1) is 18.3. The maximum atomic E-state index is 12.2. The summed E-state index contributed by atoms with van der Waals surface area (Å²) >= 11 is 0. The summed E-state index contributed by atoms with van der Waals surface area (Å²) in [5.41, 5.74) is 6.21. The van der Waals surface area contributed by atoms with Gasteiger partial charge in [0.1, 0.15) is 24.8 Å². The Bertz CT molecular complexity index is 938. The van der Waals surface area contributed by atoms with Crippen LogP contribution in [0, 0.1) is 24.2 Å². The van der Waals surface area contributed by atoms with Crippen LogP contribution in [-0.2, 0) is 6.42 Å². The minimum absolute atomic E-state index is 0.293. The van der Waals surface area contributed by atoms with Crippen molar-refractivity contribution in [1.29, 1.82) is 5.26 Å². The fraction of sp³-hybridized carbons (Fsp3) is 0.533. The lowest BCUT2D eigenvalue weighted by atomic mass is 10.1. The number of alkyl halides is 2. The highest BCUT2D eigenvalue weighted by Crippen LogP contribution is 2.26. The van der Waals surface area contributed by atoms with Gasteiger partial charge in [-0.3, -0.25) is 10.2 Å². The molecule has 1 heterocycles. The zero-order chi connectivity index (χ0) is 28.9. The number of aryl methyl sites for hydroxylation is 1. The Morgan fingerprint density at radius 1 is 1.24 bits per heavy atom. The molecule has 8 heteroatoms. The van der Waals surface area contributed by atoms with E-state index in [1.54, 1.807) is 26.2 Å². The van der Waals surface area contributed by atoms with Gasteiger partial charge >= 0.3 is 0 Å². The summed E-state index contributed by atoms with van der Waals surface area (Å²) < 4.78 is 29.5. The van der Waals surface area contributed by atoms with E-state index in [0.717, 1.165) is 28.4 Å². The van der Waals surface area contributed by atoms with Gasteiger partial charge in [0.05, 0.1) is 37.5 Å². The molecule has 1 saturated carbocycles. The van der Waals surface area contributed by atoms with Crippen LogP contribution in [0.15, 0.2) is 43.1 Å². The van der Waals surface area contributed by atoms with Crippen molar-refractivity contribution in [2.45, 2.75) is 79.2 Å². The second-order valence-corrected chi connectivity index (χ2v) is 8.81. The van der Waals surface area contributed by atoms with Gasteiger partial charge in [-0.25, -0.2) is 14.2 Å². The molecule has 1 aromatic heterocycles. The monoisotopic (exact) mass is 532 g/mol. The molecular weight excluding hydrogens is 486 g/mol. The number of pyridine rings is 1. The van der Waals surface area contributed by atoms with Gasteiger partial charge < -0.3 is 4.74 Å². The topological polar surface area (TPSA) is 81.4 Å². The SMILES string of the molecule is C=C(C)c1ccc(N(O)NC(CF)CF)cn1.CC.CCC1CCCC1.COc1ccc(C)c(CC#N)c1. The van der Waals surface area contributed by atoms with Gasteiger partial charge in [0.15, 0.2) is 0 Å². The molecule has 0 aliphatic heterocycles. The van der Waals surface area contributed by atoms with Crippen LogP contribution in [0.2, 0.25) is 0 Å². The van der Waals surface area contributed by atoms with Crippen LogP contribution in [-0.4, -0.2) is 36.7 Å². The number of nitrogens with zero attached hydrogens (tertiary/aromatic N) is 3. The first-order valence-electron chi connectivity index (χ1n) is 13.3. The van der Waals surface area contributed by atoms with Crippen molar-refractivity contribution in [3.05, 3.63) is 59.9 Å². The summed E-state index contributed by atoms with van der Waals surface area (Å²) in [7, 11) is 1.63. The summed E-state index contributed by atoms with van der Waals surface area (Å²) in [6.45, 7) is 12.0. The highest BCUT2D eigenvalue weighted by molar-refractivity contribution is 5.59. The quantitative estimate of drug-likeness (QED) is 0.321. The molecule has 0 radical (unpaired) electrons. The van der Waals surface area contributed by atoms with Gasteiger partial charge in [0, 0.05) is 0 Å². The van der Waals surface area contributed by atoms with Crippen molar-refractivity contribution < 1.29 is 18.7 Å². The summed E-state index contributed by atoms with van der Waals surface area (Å²) in [5.74, 6) is 1.91. The van der Waals surface area contributed by atoms with Gasteiger partial charge in [-0.2, -0.15) is 10.4 Å². The largest absolute Gasteiger partial charge is 0.497 e. The zero-order valence-electron chi connectivity index (χ0n) is 23.9. The van der Waals surface area contributed by atoms with Crippen molar-refractivity contribution in [1.82, 2.24) is 10.4 Å². The van der Waals surface area contributed by atoms with Crippen LogP contribution in [0.4, 0.5) is 14.5 Å². The van der Waals surface area contributed by atoms with E-state index in [9.17, 15) is 14.0 Å². The van der Waals surface area contributed by atoms with Crippen molar-refractivity contribution >= 4 is 11.3 Å². The number of aromatic nitrogens is 1. The molecule has 38 heavy (non-hydrogen) atoms. The predicted molar refractivity (Wildman–Crippen MR) is 153 cm³/mol. The highest BCUT2D eigenvalue weighted by atomic mass is 19.1. The third kappa shape index (κ3) is 13.5. The molecule has 0 spiro atoms. The number of ether oxygens (including phenoxy) is 1. The summed E-state index contributed by atoms with van der Waals surface area (Å²) in [6.07, 6.45) is 9.26. The molecule has 2 N–H and O–H groups in total. The maximum absolute atomic E-state index is 12.2. The number of nitriles is 1. The molecule has 0 bridgehead atoms. The summed E-state index contributed by atoms with van der Waals surface area (Å²) in [4.78, 5) is 4.03. The Kier molecular flexibility index (Phi) is 19.3. The van der Waals surface area contributed by atoms with Crippen LogP contribution in [0.25, 0.3) is 5.57 Å². The van der Waals surface area contributed by atoms with Gasteiger partial charge in [-0.1, -0.05) is 65.5 Å². The van der Waals surface area contributed by atoms with Gasteiger partial charge in [-0.15, -0.1) is 0 Å².